The smallest absolute Gasteiger partial charge is 0.127 e. The van der Waals surface area contributed by atoms with Crippen molar-refractivity contribution in [2.75, 3.05) is 32.7 Å². The standard InChI is InChI=1S/C14H28N2O/c1-5-13(3)16-9-7-15(8-10-16)11-14(4,6-2)12-17/h12-13H,5-11H2,1-4H3. The molecule has 0 saturated carbocycles. The molecule has 0 aromatic rings. The third-order valence-corrected chi connectivity index (χ3v) is 4.30. The summed E-state index contributed by atoms with van der Waals surface area (Å²) < 4.78 is 0. The minimum Gasteiger partial charge on any atom is -0.303 e. The van der Waals surface area contributed by atoms with Gasteiger partial charge in [-0.3, -0.25) is 9.80 Å². The zero-order valence-corrected chi connectivity index (χ0v) is 11.9. The molecule has 0 spiro atoms. The van der Waals surface area contributed by atoms with E-state index in [9.17, 15) is 4.79 Å². The van der Waals surface area contributed by atoms with Crippen molar-refractivity contribution in [1.29, 1.82) is 0 Å². The van der Waals surface area contributed by atoms with Gasteiger partial charge in [-0.2, -0.15) is 0 Å². The van der Waals surface area contributed by atoms with Crippen molar-refractivity contribution in [3.63, 3.8) is 0 Å². The highest BCUT2D eigenvalue weighted by Crippen LogP contribution is 2.20. The SMILES string of the molecule is CCC(C)N1CCN(CC(C)(C=O)CC)CC1. The van der Waals surface area contributed by atoms with Gasteiger partial charge >= 0.3 is 0 Å². The summed E-state index contributed by atoms with van der Waals surface area (Å²) in [5, 5.41) is 0. The molecule has 0 amide bonds. The summed E-state index contributed by atoms with van der Waals surface area (Å²) >= 11 is 0. The first-order chi connectivity index (χ1) is 8.04. The molecule has 2 unspecified atom stereocenters. The van der Waals surface area contributed by atoms with Crippen LogP contribution in [0.25, 0.3) is 0 Å². The lowest BCUT2D eigenvalue weighted by Gasteiger charge is -2.40. The van der Waals surface area contributed by atoms with Crippen molar-refractivity contribution >= 4 is 6.29 Å². The molecule has 1 heterocycles. The summed E-state index contributed by atoms with van der Waals surface area (Å²) in [7, 11) is 0. The molecular weight excluding hydrogens is 212 g/mol. The molecule has 3 heteroatoms. The molecule has 1 saturated heterocycles. The molecule has 0 aromatic heterocycles. The monoisotopic (exact) mass is 240 g/mol. The second kappa shape index (κ2) is 6.50. The Labute approximate surface area is 106 Å². The number of hydrogen-bond acceptors (Lipinski definition) is 3. The second-order valence-electron chi connectivity index (χ2n) is 5.69. The molecule has 0 aliphatic carbocycles. The average Bonchev–Trinajstić information content (AvgIpc) is 2.38. The van der Waals surface area contributed by atoms with Gasteiger partial charge < -0.3 is 4.79 Å². The fourth-order valence-electron chi connectivity index (χ4n) is 2.36. The van der Waals surface area contributed by atoms with Crippen LogP contribution in [-0.4, -0.2) is 54.9 Å². The van der Waals surface area contributed by atoms with Crippen LogP contribution in [0.15, 0.2) is 0 Å². The van der Waals surface area contributed by atoms with Crippen molar-refractivity contribution < 1.29 is 4.79 Å². The Morgan fingerprint density at radius 2 is 1.82 bits per heavy atom. The number of piperazine rings is 1. The largest absolute Gasteiger partial charge is 0.303 e. The number of hydrogen-bond donors (Lipinski definition) is 0. The summed E-state index contributed by atoms with van der Waals surface area (Å²) in [4.78, 5) is 16.1. The Balaban J connectivity index is 2.39. The maximum Gasteiger partial charge on any atom is 0.127 e. The Hall–Kier alpha value is -0.410. The van der Waals surface area contributed by atoms with Gasteiger partial charge in [0, 0.05) is 44.2 Å². The summed E-state index contributed by atoms with van der Waals surface area (Å²) in [5.41, 5.74) is -0.154. The third-order valence-electron chi connectivity index (χ3n) is 4.30. The van der Waals surface area contributed by atoms with Crippen LogP contribution in [0.4, 0.5) is 0 Å². The van der Waals surface area contributed by atoms with Crippen molar-refractivity contribution in [2.24, 2.45) is 5.41 Å². The van der Waals surface area contributed by atoms with Crippen LogP contribution < -0.4 is 0 Å². The zero-order chi connectivity index (χ0) is 12.9. The molecule has 0 bridgehead atoms. The number of carbonyl (C=O) groups is 1. The Kier molecular flexibility index (Phi) is 5.60. The molecule has 1 aliphatic heterocycles. The number of rotatable bonds is 6. The fraction of sp³-hybridized carbons (Fsp3) is 0.929. The van der Waals surface area contributed by atoms with Gasteiger partial charge in [0.05, 0.1) is 0 Å². The van der Waals surface area contributed by atoms with Gasteiger partial charge in [0.2, 0.25) is 0 Å². The van der Waals surface area contributed by atoms with Gasteiger partial charge in [-0.05, 0) is 19.8 Å². The first kappa shape index (κ1) is 14.7. The molecule has 100 valence electrons. The van der Waals surface area contributed by atoms with E-state index in [-0.39, 0.29) is 5.41 Å². The van der Waals surface area contributed by atoms with E-state index in [0.717, 1.165) is 45.4 Å². The molecule has 1 fully saturated rings. The molecule has 17 heavy (non-hydrogen) atoms. The van der Waals surface area contributed by atoms with E-state index in [1.54, 1.807) is 0 Å². The van der Waals surface area contributed by atoms with Crippen LogP contribution >= 0.6 is 0 Å². The van der Waals surface area contributed by atoms with Gasteiger partial charge in [-0.1, -0.05) is 20.8 Å². The zero-order valence-electron chi connectivity index (χ0n) is 11.9. The van der Waals surface area contributed by atoms with Gasteiger partial charge in [0.25, 0.3) is 0 Å². The highest BCUT2D eigenvalue weighted by atomic mass is 16.1. The minimum atomic E-state index is -0.154. The molecule has 3 nitrogen and oxygen atoms in total. The van der Waals surface area contributed by atoms with E-state index in [4.69, 9.17) is 0 Å². The number of aldehydes is 1. The normalized spacial score (nSPS) is 24.2. The van der Waals surface area contributed by atoms with E-state index >= 15 is 0 Å². The Morgan fingerprint density at radius 1 is 1.24 bits per heavy atom. The third kappa shape index (κ3) is 4.07. The van der Waals surface area contributed by atoms with Crippen LogP contribution in [0, 0.1) is 5.41 Å². The first-order valence-electron chi connectivity index (χ1n) is 6.97. The molecule has 1 aliphatic rings. The summed E-state index contributed by atoms with van der Waals surface area (Å²) in [6, 6.07) is 0.695. The van der Waals surface area contributed by atoms with E-state index in [1.165, 1.54) is 6.42 Å². The maximum atomic E-state index is 11.1. The topological polar surface area (TPSA) is 23.6 Å². The van der Waals surface area contributed by atoms with Crippen LogP contribution in [0.1, 0.15) is 40.5 Å². The number of carbonyl (C=O) groups excluding carboxylic acids is 1. The van der Waals surface area contributed by atoms with Crippen molar-refractivity contribution in [2.45, 2.75) is 46.6 Å². The van der Waals surface area contributed by atoms with E-state index in [1.807, 2.05) is 0 Å². The van der Waals surface area contributed by atoms with Gasteiger partial charge in [-0.25, -0.2) is 0 Å². The van der Waals surface area contributed by atoms with E-state index < -0.39 is 0 Å². The summed E-state index contributed by atoms with van der Waals surface area (Å²) in [6.45, 7) is 14.1. The van der Waals surface area contributed by atoms with Crippen molar-refractivity contribution in [3.05, 3.63) is 0 Å². The second-order valence-corrected chi connectivity index (χ2v) is 5.69. The highest BCUT2D eigenvalue weighted by molar-refractivity contribution is 5.58. The van der Waals surface area contributed by atoms with Gasteiger partial charge in [0.1, 0.15) is 6.29 Å². The van der Waals surface area contributed by atoms with E-state index in [2.05, 4.69) is 37.5 Å². The predicted octanol–water partition coefficient (Wildman–Crippen LogP) is 2.02. The molecular formula is C14H28N2O. The summed E-state index contributed by atoms with van der Waals surface area (Å²) in [5.74, 6) is 0. The number of nitrogens with zero attached hydrogens (tertiary/aromatic N) is 2. The molecule has 0 radical (unpaired) electrons. The molecule has 0 aromatic carbocycles. The summed E-state index contributed by atoms with van der Waals surface area (Å²) in [6.07, 6.45) is 3.29. The lowest BCUT2D eigenvalue weighted by Crippen LogP contribution is -2.51. The Morgan fingerprint density at radius 3 is 2.24 bits per heavy atom. The minimum absolute atomic E-state index is 0.154. The lowest BCUT2D eigenvalue weighted by atomic mass is 9.88. The quantitative estimate of drug-likeness (QED) is 0.664. The van der Waals surface area contributed by atoms with E-state index in [0.29, 0.717) is 6.04 Å². The van der Waals surface area contributed by atoms with Gasteiger partial charge in [-0.15, -0.1) is 0 Å². The Bertz CT molecular complexity index is 236. The van der Waals surface area contributed by atoms with Gasteiger partial charge in [0.15, 0.2) is 0 Å². The highest BCUT2D eigenvalue weighted by Gasteiger charge is 2.27. The molecule has 2 atom stereocenters. The maximum absolute atomic E-state index is 11.1. The molecule has 1 rings (SSSR count). The van der Waals surface area contributed by atoms with Crippen LogP contribution in [0.3, 0.4) is 0 Å². The average molecular weight is 240 g/mol. The van der Waals surface area contributed by atoms with Crippen LogP contribution in [0.5, 0.6) is 0 Å². The van der Waals surface area contributed by atoms with Crippen LogP contribution in [0.2, 0.25) is 0 Å². The fourth-order valence-corrected chi connectivity index (χ4v) is 2.36. The van der Waals surface area contributed by atoms with Crippen molar-refractivity contribution in [1.82, 2.24) is 9.80 Å². The first-order valence-corrected chi connectivity index (χ1v) is 6.97. The van der Waals surface area contributed by atoms with Crippen molar-refractivity contribution in [3.8, 4) is 0 Å². The molecule has 0 N–H and O–H groups in total. The van der Waals surface area contributed by atoms with Crippen LogP contribution in [-0.2, 0) is 4.79 Å². The predicted molar refractivity (Wildman–Crippen MR) is 72.2 cm³/mol. The lowest BCUT2D eigenvalue weighted by molar-refractivity contribution is -0.116.